The maximum absolute atomic E-state index is 12.4. The highest BCUT2D eigenvalue weighted by molar-refractivity contribution is 5.81. The number of hydrogen-bond donors (Lipinski definition) is 0. The van der Waals surface area contributed by atoms with Crippen LogP contribution in [0, 0.1) is 0 Å². The zero-order chi connectivity index (χ0) is 15.0. The van der Waals surface area contributed by atoms with Gasteiger partial charge >= 0.3 is 5.97 Å². The second-order valence-electron chi connectivity index (χ2n) is 5.63. The number of likely N-dealkylation sites (N-methyl/N-ethyl adjacent to an activating group) is 1. The summed E-state index contributed by atoms with van der Waals surface area (Å²) in [5.74, 6) is -0.188. The molecule has 1 fully saturated rings. The monoisotopic (exact) mass is 284 g/mol. The Hall–Kier alpha value is -1.10. The highest BCUT2D eigenvalue weighted by Gasteiger charge is 2.26. The number of nitrogens with zero attached hydrogens (tertiary/aromatic N) is 2. The summed E-state index contributed by atoms with van der Waals surface area (Å²) < 4.78 is 4.88. The third-order valence-electron chi connectivity index (χ3n) is 3.72. The smallest absolute Gasteiger partial charge is 0.306 e. The van der Waals surface area contributed by atoms with E-state index in [4.69, 9.17) is 4.74 Å². The molecule has 0 aromatic rings. The third kappa shape index (κ3) is 5.90. The van der Waals surface area contributed by atoms with Gasteiger partial charge in [0.25, 0.3) is 0 Å². The number of hydrogen-bond acceptors (Lipinski definition) is 4. The quantitative estimate of drug-likeness (QED) is 0.636. The van der Waals surface area contributed by atoms with Gasteiger partial charge in [-0.3, -0.25) is 9.59 Å². The van der Waals surface area contributed by atoms with Crippen molar-refractivity contribution >= 4 is 11.9 Å². The summed E-state index contributed by atoms with van der Waals surface area (Å²) in [5, 5.41) is 0. The summed E-state index contributed by atoms with van der Waals surface area (Å²) in [6.45, 7) is 3.77. The van der Waals surface area contributed by atoms with Crippen LogP contribution < -0.4 is 0 Å². The van der Waals surface area contributed by atoms with E-state index in [9.17, 15) is 9.59 Å². The molecule has 0 aliphatic heterocycles. The molecule has 116 valence electrons. The Morgan fingerprint density at radius 2 is 1.75 bits per heavy atom. The lowest BCUT2D eigenvalue weighted by molar-refractivity contribution is -0.146. The first kappa shape index (κ1) is 17.0. The van der Waals surface area contributed by atoms with Gasteiger partial charge in [0.2, 0.25) is 5.91 Å². The van der Waals surface area contributed by atoms with E-state index in [-0.39, 0.29) is 24.7 Å². The van der Waals surface area contributed by atoms with E-state index in [2.05, 4.69) is 4.90 Å². The van der Waals surface area contributed by atoms with E-state index in [1.54, 1.807) is 6.92 Å². The van der Waals surface area contributed by atoms with Gasteiger partial charge in [-0.2, -0.15) is 0 Å². The molecule has 0 N–H and O–H groups in total. The fourth-order valence-corrected chi connectivity index (χ4v) is 2.62. The van der Waals surface area contributed by atoms with Crippen molar-refractivity contribution in [2.24, 2.45) is 0 Å². The molecule has 5 heteroatoms. The van der Waals surface area contributed by atoms with Crippen molar-refractivity contribution in [1.29, 1.82) is 0 Å². The van der Waals surface area contributed by atoms with Crippen LogP contribution in [0.4, 0.5) is 0 Å². The number of carbonyl (C=O) groups excluding carboxylic acids is 2. The van der Waals surface area contributed by atoms with Crippen LogP contribution in [-0.2, 0) is 14.3 Å². The molecule has 0 bridgehead atoms. The van der Waals surface area contributed by atoms with Crippen LogP contribution >= 0.6 is 0 Å². The molecule has 20 heavy (non-hydrogen) atoms. The van der Waals surface area contributed by atoms with E-state index in [1.165, 1.54) is 12.8 Å². The van der Waals surface area contributed by atoms with Gasteiger partial charge in [-0.15, -0.1) is 0 Å². The van der Waals surface area contributed by atoms with Gasteiger partial charge < -0.3 is 14.5 Å². The molecule has 0 unspecified atom stereocenters. The predicted molar refractivity (Wildman–Crippen MR) is 78.4 cm³/mol. The lowest BCUT2D eigenvalue weighted by Crippen LogP contribution is -2.42. The number of esters is 1. The molecular formula is C15H28N2O3. The van der Waals surface area contributed by atoms with E-state index >= 15 is 0 Å². The average molecular weight is 284 g/mol. The first-order valence-electron chi connectivity index (χ1n) is 7.64. The van der Waals surface area contributed by atoms with Crippen molar-refractivity contribution in [3.63, 3.8) is 0 Å². The Kier molecular flexibility index (Phi) is 7.59. The van der Waals surface area contributed by atoms with Crippen LogP contribution in [0.1, 0.15) is 45.4 Å². The summed E-state index contributed by atoms with van der Waals surface area (Å²) in [6, 6.07) is 0.365. The third-order valence-corrected chi connectivity index (χ3v) is 3.72. The van der Waals surface area contributed by atoms with Crippen molar-refractivity contribution in [2.45, 2.75) is 51.5 Å². The summed E-state index contributed by atoms with van der Waals surface area (Å²) >= 11 is 0. The minimum atomic E-state index is -0.278. The largest absolute Gasteiger partial charge is 0.466 e. The van der Waals surface area contributed by atoms with E-state index in [0.717, 1.165) is 25.9 Å². The van der Waals surface area contributed by atoms with E-state index < -0.39 is 0 Å². The first-order valence-corrected chi connectivity index (χ1v) is 7.64. The van der Waals surface area contributed by atoms with Gasteiger partial charge in [-0.1, -0.05) is 12.8 Å². The molecule has 1 aliphatic carbocycles. The minimum absolute atomic E-state index is 0.0896. The summed E-state index contributed by atoms with van der Waals surface area (Å²) in [4.78, 5) is 27.8. The van der Waals surface area contributed by atoms with Crippen LogP contribution in [-0.4, -0.2) is 61.5 Å². The summed E-state index contributed by atoms with van der Waals surface area (Å²) in [6.07, 6.45) is 5.06. The Bertz CT molecular complexity index is 312. The molecule has 1 amide bonds. The molecular weight excluding hydrogens is 256 g/mol. The average Bonchev–Trinajstić information content (AvgIpc) is 2.90. The normalized spacial score (nSPS) is 15.6. The van der Waals surface area contributed by atoms with E-state index in [1.807, 2.05) is 19.0 Å². The van der Waals surface area contributed by atoms with Gasteiger partial charge in [-0.05, 0) is 33.9 Å². The Balaban J connectivity index is 2.48. The van der Waals surface area contributed by atoms with Gasteiger partial charge in [0.15, 0.2) is 0 Å². The number of carbonyl (C=O) groups is 2. The molecule has 1 aliphatic rings. The highest BCUT2D eigenvalue weighted by Crippen LogP contribution is 2.24. The molecule has 0 aromatic heterocycles. The van der Waals surface area contributed by atoms with Crippen molar-refractivity contribution in [1.82, 2.24) is 9.80 Å². The molecule has 1 saturated carbocycles. The van der Waals surface area contributed by atoms with Crippen molar-refractivity contribution < 1.29 is 14.3 Å². The van der Waals surface area contributed by atoms with E-state index in [0.29, 0.717) is 12.6 Å². The summed E-state index contributed by atoms with van der Waals surface area (Å²) in [7, 11) is 4.02. The summed E-state index contributed by atoms with van der Waals surface area (Å²) in [5.41, 5.74) is 0. The topological polar surface area (TPSA) is 49.9 Å². The molecule has 0 saturated heterocycles. The van der Waals surface area contributed by atoms with Crippen molar-refractivity contribution in [3.8, 4) is 0 Å². The van der Waals surface area contributed by atoms with Gasteiger partial charge in [-0.25, -0.2) is 0 Å². The second kappa shape index (κ2) is 8.95. The Labute approximate surface area is 122 Å². The zero-order valence-electron chi connectivity index (χ0n) is 13.1. The van der Waals surface area contributed by atoms with Crippen molar-refractivity contribution in [2.75, 3.05) is 33.8 Å². The standard InChI is InChI=1S/C15H28N2O3/c1-4-20-15(19)10-9-14(18)17(12-11-16(2)3)13-7-5-6-8-13/h13H,4-12H2,1-3H3. The lowest BCUT2D eigenvalue weighted by atomic mass is 10.1. The molecule has 1 rings (SSSR count). The van der Waals surface area contributed by atoms with Crippen LogP contribution in [0.15, 0.2) is 0 Å². The van der Waals surface area contributed by atoms with Crippen LogP contribution in [0.3, 0.4) is 0 Å². The van der Waals surface area contributed by atoms with Gasteiger partial charge in [0, 0.05) is 25.6 Å². The molecule has 0 atom stereocenters. The molecule has 5 nitrogen and oxygen atoms in total. The number of ether oxygens (including phenoxy) is 1. The van der Waals surface area contributed by atoms with Crippen molar-refractivity contribution in [3.05, 3.63) is 0 Å². The molecule has 0 spiro atoms. The van der Waals surface area contributed by atoms with Crippen LogP contribution in [0.2, 0.25) is 0 Å². The predicted octanol–water partition coefficient (Wildman–Crippen LogP) is 1.66. The fraction of sp³-hybridized carbons (Fsp3) is 0.867. The SMILES string of the molecule is CCOC(=O)CCC(=O)N(CCN(C)C)C1CCCC1. The minimum Gasteiger partial charge on any atom is -0.466 e. The fourth-order valence-electron chi connectivity index (χ4n) is 2.62. The lowest BCUT2D eigenvalue weighted by Gasteiger charge is -2.30. The molecule has 0 radical (unpaired) electrons. The Morgan fingerprint density at radius 3 is 2.30 bits per heavy atom. The first-order chi connectivity index (χ1) is 9.54. The second-order valence-corrected chi connectivity index (χ2v) is 5.63. The maximum Gasteiger partial charge on any atom is 0.306 e. The number of rotatable bonds is 8. The Morgan fingerprint density at radius 1 is 1.10 bits per heavy atom. The van der Waals surface area contributed by atoms with Crippen LogP contribution in [0.25, 0.3) is 0 Å². The van der Waals surface area contributed by atoms with Crippen LogP contribution in [0.5, 0.6) is 0 Å². The molecule has 0 heterocycles. The number of amides is 1. The maximum atomic E-state index is 12.4. The highest BCUT2D eigenvalue weighted by atomic mass is 16.5. The van der Waals surface area contributed by atoms with Gasteiger partial charge in [0.1, 0.15) is 0 Å². The van der Waals surface area contributed by atoms with Gasteiger partial charge in [0.05, 0.1) is 13.0 Å². The zero-order valence-corrected chi connectivity index (χ0v) is 13.1. The molecule has 0 aromatic carbocycles.